The predicted octanol–water partition coefficient (Wildman–Crippen LogP) is 3.69. The molecular weight excluding hydrogens is 294 g/mol. The fourth-order valence-electron chi connectivity index (χ4n) is 1.86. The molecule has 22 heavy (non-hydrogen) atoms. The van der Waals surface area contributed by atoms with Gasteiger partial charge in [0.2, 0.25) is 5.82 Å². The van der Waals surface area contributed by atoms with Crippen molar-refractivity contribution >= 4 is 17.3 Å². The summed E-state index contributed by atoms with van der Waals surface area (Å²) in [6.45, 7) is 1.96. The van der Waals surface area contributed by atoms with Crippen molar-refractivity contribution in [3.63, 3.8) is 0 Å². The van der Waals surface area contributed by atoms with E-state index in [0.29, 0.717) is 12.1 Å². The van der Waals surface area contributed by atoms with Crippen molar-refractivity contribution in [3.8, 4) is 0 Å². The Kier molecular flexibility index (Phi) is 4.45. The third kappa shape index (κ3) is 3.25. The molecule has 2 aromatic rings. The van der Waals surface area contributed by atoms with Crippen LogP contribution in [0.2, 0.25) is 0 Å². The van der Waals surface area contributed by atoms with E-state index in [-0.39, 0.29) is 5.56 Å². The van der Waals surface area contributed by atoms with Gasteiger partial charge in [-0.05, 0) is 24.1 Å². The zero-order chi connectivity index (χ0) is 16.3. The van der Waals surface area contributed by atoms with E-state index in [0.717, 1.165) is 12.0 Å². The Labute approximate surface area is 124 Å². The molecule has 0 heterocycles. The molecule has 0 radical (unpaired) electrons. The minimum Gasteiger partial charge on any atom is -0.319 e. The molecule has 1 amide bonds. The third-order valence-corrected chi connectivity index (χ3v) is 3.11. The summed E-state index contributed by atoms with van der Waals surface area (Å²) >= 11 is 0. The van der Waals surface area contributed by atoms with Crippen LogP contribution in [0.4, 0.5) is 20.2 Å². The number of nitro benzene ring substituents is 1. The lowest BCUT2D eigenvalue weighted by atomic mass is 10.1. The molecule has 0 aliphatic rings. The number of nitro groups is 1. The lowest BCUT2D eigenvalue weighted by molar-refractivity contribution is -0.387. The third-order valence-electron chi connectivity index (χ3n) is 3.11. The predicted molar refractivity (Wildman–Crippen MR) is 76.8 cm³/mol. The quantitative estimate of drug-likeness (QED) is 0.691. The topological polar surface area (TPSA) is 72.2 Å². The molecule has 0 bridgehead atoms. The highest BCUT2D eigenvalue weighted by molar-refractivity contribution is 6.04. The average Bonchev–Trinajstić information content (AvgIpc) is 2.49. The highest BCUT2D eigenvalue weighted by Crippen LogP contribution is 2.25. The van der Waals surface area contributed by atoms with Crippen LogP contribution in [0.3, 0.4) is 0 Å². The molecule has 0 aliphatic heterocycles. The number of nitrogens with zero attached hydrogens (tertiary/aromatic N) is 1. The van der Waals surface area contributed by atoms with E-state index in [1.807, 2.05) is 6.92 Å². The maximum Gasteiger partial charge on any atom is 0.307 e. The highest BCUT2D eigenvalue weighted by atomic mass is 19.1. The van der Waals surface area contributed by atoms with E-state index in [9.17, 15) is 23.7 Å². The van der Waals surface area contributed by atoms with Gasteiger partial charge in [0, 0.05) is 17.7 Å². The Balaban J connectivity index is 2.27. The molecule has 0 aromatic heterocycles. The van der Waals surface area contributed by atoms with Crippen LogP contribution in [0.1, 0.15) is 22.8 Å². The van der Waals surface area contributed by atoms with Crippen molar-refractivity contribution < 1.29 is 18.5 Å². The second-order valence-electron chi connectivity index (χ2n) is 4.55. The van der Waals surface area contributed by atoms with E-state index in [4.69, 9.17) is 0 Å². The zero-order valence-corrected chi connectivity index (χ0v) is 11.6. The number of benzene rings is 2. The molecule has 2 rings (SSSR count). The van der Waals surface area contributed by atoms with Crippen LogP contribution in [0.5, 0.6) is 0 Å². The van der Waals surface area contributed by atoms with Crippen molar-refractivity contribution in [1.82, 2.24) is 0 Å². The van der Waals surface area contributed by atoms with Crippen LogP contribution in [-0.2, 0) is 6.42 Å². The molecule has 0 aliphatic carbocycles. The van der Waals surface area contributed by atoms with Crippen molar-refractivity contribution in [2.24, 2.45) is 0 Å². The summed E-state index contributed by atoms with van der Waals surface area (Å²) in [4.78, 5) is 21.6. The molecule has 0 unspecified atom stereocenters. The normalized spacial score (nSPS) is 10.3. The fourth-order valence-corrected chi connectivity index (χ4v) is 1.86. The highest BCUT2D eigenvalue weighted by Gasteiger charge is 2.20. The van der Waals surface area contributed by atoms with Crippen LogP contribution in [0.15, 0.2) is 36.4 Å². The molecule has 2 aromatic carbocycles. The van der Waals surface area contributed by atoms with Crippen LogP contribution < -0.4 is 5.32 Å². The first-order valence-electron chi connectivity index (χ1n) is 6.46. The van der Waals surface area contributed by atoms with Gasteiger partial charge in [-0.1, -0.05) is 19.1 Å². The summed E-state index contributed by atoms with van der Waals surface area (Å²) in [6.07, 6.45) is 0.806. The van der Waals surface area contributed by atoms with Gasteiger partial charge in [-0.2, -0.15) is 4.39 Å². The number of anilines is 1. The lowest BCUT2D eigenvalue weighted by Gasteiger charge is -2.07. The Hall–Kier alpha value is -2.83. The Bertz CT molecular complexity index is 730. The van der Waals surface area contributed by atoms with Crippen molar-refractivity contribution in [2.45, 2.75) is 13.3 Å². The number of hydrogen-bond acceptors (Lipinski definition) is 3. The number of carbonyl (C=O) groups is 1. The van der Waals surface area contributed by atoms with Crippen molar-refractivity contribution in [1.29, 1.82) is 0 Å². The summed E-state index contributed by atoms with van der Waals surface area (Å²) in [6, 6.07) is 7.64. The summed E-state index contributed by atoms with van der Waals surface area (Å²) in [5, 5.41) is 12.8. The van der Waals surface area contributed by atoms with Crippen LogP contribution in [-0.4, -0.2) is 10.8 Å². The molecule has 1 N–H and O–H groups in total. The van der Waals surface area contributed by atoms with E-state index in [1.165, 1.54) is 0 Å². The molecule has 0 saturated heterocycles. The van der Waals surface area contributed by atoms with E-state index >= 15 is 0 Å². The summed E-state index contributed by atoms with van der Waals surface area (Å²) in [5.41, 5.74) is -0.0561. The second kappa shape index (κ2) is 6.30. The summed E-state index contributed by atoms with van der Waals surface area (Å²) in [7, 11) is 0. The van der Waals surface area contributed by atoms with Crippen LogP contribution in [0.25, 0.3) is 0 Å². The molecule has 7 heteroatoms. The first-order chi connectivity index (χ1) is 10.4. The van der Waals surface area contributed by atoms with Gasteiger partial charge in [0.1, 0.15) is 5.82 Å². The number of amides is 1. The number of halogens is 2. The first-order valence-corrected chi connectivity index (χ1v) is 6.46. The van der Waals surface area contributed by atoms with E-state index in [1.54, 1.807) is 24.3 Å². The molecule has 0 fully saturated rings. The van der Waals surface area contributed by atoms with Crippen molar-refractivity contribution in [2.75, 3.05) is 5.32 Å². The van der Waals surface area contributed by atoms with Gasteiger partial charge in [0.25, 0.3) is 5.91 Å². The maximum absolute atomic E-state index is 13.6. The van der Waals surface area contributed by atoms with Gasteiger partial charge >= 0.3 is 5.69 Å². The lowest BCUT2D eigenvalue weighted by Crippen LogP contribution is -2.13. The van der Waals surface area contributed by atoms with Gasteiger partial charge in [0.15, 0.2) is 0 Å². The Morgan fingerprint density at radius 1 is 1.18 bits per heavy atom. The van der Waals surface area contributed by atoms with E-state index < -0.39 is 33.8 Å². The summed E-state index contributed by atoms with van der Waals surface area (Å²) in [5.74, 6) is -3.02. The van der Waals surface area contributed by atoms with Crippen LogP contribution >= 0.6 is 0 Å². The van der Waals surface area contributed by atoms with Crippen molar-refractivity contribution in [3.05, 3.63) is 69.3 Å². The minimum absolute atomic E-state index is 0.267. The number of carbonyl (C=O) groups excluding carboxylic acids is 1. The van der Waals surface area contributed by atoms with E-state index in [2.05, 4.69) is 5.32 Å². The number of nitrogens with one attached hydrogen (secondary N) is 1. The zero-order valence-electron chi connectivity index (χ0n) is 11.6. The number of hydrogen-bond donors (Lipinski definition) is 1. The average molecular weight is 306 g/mol. The Morgan fingerprint density at radius 3 is 2.36 bits per heavy atom. The Morgan fingerprint density at radius 2 is 1.82 bits per heavy atom. The van der Waals surface area contributed by atoms with Crippen LogP contribution in [0, 0.1) is 21.7 Å². The van der Waals surface area contributed by atoms with Gasteiger partial charge in [-0.15, -0.1) is 0 Å². The number of aryl methyl sites for hydroxylation is 1. The summed E-state index contributed by atoms with van der Waals surface area (Å²) < 4.78 is 26.8. The molecule has 5 nitrogen and oxygen atoms in total. The number of rotatable bonds is 4. The minimum atomic E-state index is -1.30. The molecule has 0 atom stereocenters. The molecule has 0 spiro atoms. The standard InChI is InChI=1S/C15H12F2N2O3/c1-2-9-3-5-10(6-4-9)15(20)18-13-8-14(19(21)22)12(17)7-11(13)16/h3-8H,2H2,1H3,(H,18,20). The SMILES string of the molecule is CCc1ccc(C(=O)Nc2cc([N+](=O)[O-])c(F)cc2F)cc1. The van der Waals surface area contributed by atoms with Gasteiger partial charge < -0.3 is 5.32 Å². The van der Waals surface area contributed by atoms with Gasteiger partial charge in [-0.25, -0.2) is 4.39 Å². The smallest absolute Gasteiger partial charge is 0.307 e. The first kappa shape index (κ1) is 15.6. The molecular formula is C15H12F2N2O3. The molecule has 114 valence electrons. The monoisotopic (exact) mass is 306 g/mol. The van der Waals surface area contributed by atoms with Gasteiger partial charge in [0.05, 0.1) is 10.6 Å². The fraction of sp³-hybridized carbons (Fsp3) is 0.133. The second-order valence-corrected chi connectivity index (χ2v) is 4.55. The largest absolute Gasteiger partial charge is 0.319 e. The molecule has 0 saturated carbocycles. The maximum atomic E-state index is 13.6. The van der Waals surface area contributed by atoms with Gasteiger partial charge in [-0.3, -0.25) is 14.9 Å².